The van der Waals surface area contributed by atoms with E-state index in [1.54, 1.807) is 20.8 Å². The number of nitrogens with one attached hydrogen (secondary N) is 2. The maximum absolute atomic E-state index is 14.3. The zero-order valence-electron chi connectivity index (χ0n) is 16.6. The van der Waals surface area contributed by atoms with Crippen molar-refractivity contribution in [2.75, 3.05) is 5.32 Å². The molecule has 0 saturated heterocycles. The number of amides is 2. The zero-order chi connectivity index (χ0) is 21.8. The van der Waals surface area contributed by atoms with E-state index in [4.69, 9.17) is 0 Å². The van der Waals surface area contributed by atoms with Crippen LogP contribution in [0.4, 0.5) is 14.5 Å². The fourth-order valence-corrected chi connectivity index (χ4v) is 2.78. The quantitative estimate of drug-likeness (QED) is 0.646. The van der Waals surface area contributed by atoms with E-state index in [0.29, 0.717) is 11.5 Å². The molecule has 1 unspecified atom stereocenters. The molecule has 1 heterocycles. The summed E-state index contributed by atoms with van der Waals surface area (Å²) in [6.45, 7) is 5.17. The Morgan fingerprint density at radius 3 is 2.37 bits per heavy atom. The molecular weight excluding hydrogens is 394 g/mol. The van der Waals surface area contributed by atoms with E-state index in [0.717, 1.165) is 12.1 Å². The highest BCUT2D eigenvalue weighted by Gasteiger charge is 2.25. The third-order valence-corrected chi connectivity index (χ3v) is 4.42. The Bertz CT molecular complexity index is 1070. The van der Waals surface area contributed by atoms with Crippen molar-refractivity contribution in [1.29, 1.82) is 0 Å². The molecule has 0 aliphatic rings. The van der Waals surface area contributed by atoms with Gasteiger partial charge in [-0.05, 0) is 65.7 Å². The number of aryl methyl sites for hydroxylation is 1. The van der Waals surface area contributed by atoms with Gasteiger partial charge in [-0.3, -0.25) is 9.59 Å². The van der Waals surface area contributed by atoms with Crippen LogP contribution in [-0.4, -0.2) is 38.1 Å². The molecule has 10 heteroatoms. The molecule has 2 amide bonds. The molecule has 3 aromatic rings. The second-order valence-electron chi connectivity index (χ2n) is 6.99. The Balaban J connectivity index is 1.79. The van der Waals surface area contributed by atoms with Gasteiger partial charge in [0.25, 0.3) is 5.91 Å². The average molecular weight is 414 g/mol. The van der Waals surface area contributed by atoms with Crippen LogP contribution >= 0.6 is 0 Å². The predicted octanol–water partition coefficient (Wildman–Crippen LogP) is 2.64. The fourth-order valence-electron chi connectivity index (χ4n) is 2.78. The molecule has 2 aromatic carbocycles. The number of rotatable bonds is 6. The van der Waals surface area contributed by atoms with Crippen LogP contribution in [0.1, 0.15) is 30.0 Å². The molecule has 0 saturated carbocycles. The van der Waals surface area contributed by atoms with E-state index in [1.165, 1.54) is 35.0 Å². The number of aromatic nitrogens is 4. The van der Waals surface area contributed by atoms with Gasteiger partial charge < -0.3 is 10.6 Å². The summed E-state index contributed by atoms with van der Waals surface area (Å²) in [6.07, 6.45) is 0. The molecule has 0 aliphatic carbocycles. The summed E-state index contributed by atoms with van der Waals surface area (Å²) in [5.74, 6) is -2.05. The van der Waals surface area contributed by atoms with Crippen LogP contribution in [0.25, 0.3) is 5.69 Å². The van der Waals surface area contributed by atoms with Gasteiger partial charge in [-0.25, -0.2) is 8.78 Å². The maximum atomic E-state index is 14.3. The number of carbonyl (C=O) groups excluding carboxylic acids is 2. The molecule has 0 aliphatic heterocycles. The molecule has 1 atom stereocenters. The van der Waals surface area contributed by atoms with E-state index < -0.39 is 29.5 Å². The highest BCUT2D eigenvalue weighted by Crippen LogP contribution is 2.20. The van der Waals surface area contributed by atoms with Crippen LogP contribution in [0.5, 0.6) is 0 Å². The van der Waals surface area contributed by atoms with Crippen molar-refractivity contribution in [3.63, 3.8) is 0 Å². The minimum Gasteiger partial charge on any atom is -0.340 e. The Morgan fingerprint density at radius 2 is 1.77 bits per heavy atom. The van der Waals surface area contributed by atoms with E-state index in [-0.39, 0.29) is 17.2 Å². The highest BCUT2D eigenvalue weighted by molar-refractivity contribution is 6.01. The number of hydrogen-bond acceptors (Lipinski definition) is 5. The first-order chi connectivity index (χ1) is 14.3. The first kappa shape index (κ1) is 21.0. The minimum absolute atomic E-state index is 0.0749. The van der Waals surface area contributed by atoms with E-state index in [2.05, 4.69) is 26.2 Å². The summed E-state index contributed by atoms with van der Waals surface area (Å²) in [5.41, 5.74) is 0.594. The largest absolute Gasteiger partial charge is 0.340 e. The molecule has 0 fully saturated rings. The topological polar surface area (TPSA) is 102 Å². The van der Waals surface area contributed by atoms with Gasteiger partial charge in [0.2, 0.25) is 5.91 Å². The van der Waals surface area contributed by atoms with Gasteiger partial charge in [-0.2, -0.15) is 4.68 Å². The van der Waals surface area contributed by atoms with Gasteiger partial charge in [0.05, 0.1) is 11.4 Å². The van der Waals surface area contributed by atoms with E-state index >= 15 is 0 Å². The Kier molecular flexibility index (Phi) is 6.14. The fraction of sp³-hybridized carbons (Fsp3) is 0.250. The van der Waals surface area contributed by atoms with Crippen LogP contribution in [-0.2, 0) is 4.79 Å². The van der Waals surface area contributed by atoms with Crippen molar-refractivity contribution in [2.24, 2.45) is 5.92 Å². The maximum Gasteiger partial charge on any atom is 0.251 e. The number of nitrogens with zero attached hydrogens (tertiary/aromatic N) is 4. The van der Waals surface area contributed by atoms with Gasteiger partial charge in [0.1, 0.15) is 17.7 Å². The highest BCUT2D eigenvalue weighted by atomic mass is 19.1. The number of anilines is 1. The Hall–Kier alpha value is -3.69. The van der Waals surface area contributed by atoms with Crippen LogP contribution < -0.4 is 10.6 Å². The SMILES string of the molecule is Cc1nnnn1-c1ccc(F)c(NC(=O)C(NC(=O)c2ccc(F)cc2)C(C)C)c1. The standard InChI is InChI=1S/C20H20F2N6O2/c1-11(2)18(24-19(29)13-4-6-14(21)7-5-13)20(30)23-17-10-15(8-9-16(17)22)28-12(3)25-26-27-28/h4-11,18H,1-3H3,(H,23,30)(H,24,29). The van der Waals surface area contributed by atoms with Gasteiger partial charge in [-0.15, -0.1) is 5.10 Å². The molecule has 8 nitrogen and oxygen atoms in total. The monoisotopic (exact) mass is 414 g/mol. The third kappa shape index (κ3) is 4.65. The number of hydrogen-bond donors (Lipinski definition) is 2. The lowest BCUT2D eigenvalue weighted by Crippen LogP contribution is -2.47. The molecule has 0 radical (unpaired) electrons. The molecule has 3 rings (SSSR count). The zero-order valence-corrected chi connectivity index (χ0v) is 16.6. The first-order valence-electron chi connectivity index (χ1n) is 9.18. The summed E-state index contributed by atoms with van der Waals surface area (Å²) in [6, 6.07) is 8.06. The number of benzene rings is 2. The molecule has 30 heavy (non-hydrogen) atoms. The Morgan fingerprint density at radius 1 is 1.07 bits per heavy atom. The van der Waals surface area contributed by atoms with Gasteiger partial charge >= 0.3 is 0 Å². The predicted molar refractivity (Wildman–Crippen MR) is 105 cm³/mol. The lowest BCUT2D eigenvalue weighted by atomic mass is 10.0. The van der Waals surface area contributed by atoms with Crippen molar-refractivity contribution >= 4 is 17.5 Å². The van der Waals surface area contributed by atoms with E-state index in [1.807, 2.05) is 0 Å². The van der Waals surface area contributed by atoms with Crippen molar-refractivity contribution in [3.05, 3.63) is 65.5 Å². The van der Waals surface area contributed by atoms with Crippen molar-refractivity contribution in [1.82, 2.24) is 25.5 Å². The average Bonchev–Trinajstić information content (AvgIpc) is 3.13. The summed E-state index contributed by atoms with van der Waals surface area (Å²) in [7, 11) is 0. The molecule has 0 spiro atoms. The van der Waals surface area contributed by atoms with E-state index in [9.17, 15) is 18.4 Å². The van der Waals surface area contributed by atoms with Crippen molar-refractivity contribution in [3.8, 4) is 5.69 Å². The second-order valence-corrected chi connectivity index (χ2v) is 6.99. The van der Waals surface area contributed by atoms with Crippen LogP contribution in [0.2, 0.25) is 0 Å². The summed E-state index contributed by atoms with van der Waals surface area (Å²) in [5, 5.41) is 16.2. The lowest BCUT2D eigenvalue weighted by Gasteiger charge is -2.22. The van der Waals surface area contributed by atoms with Crippen LogP contribution in [0.15, 0.2) is 42.5 Å². The first-order valence-corrected chi connectivity index (χ1v) is 9.18. The van der Waals surface area contributed by atoms with Crippen LogP contribution in [0.3, 0.4) is 0 Å². The molecule has 156 valence electrons. The Labute approximate surface area is 171 Å². The summed E-state index contributed by atoms with van der Waals surface area (Å²) >= 11 is 0. The van der Waals surface area contributed by atoms with Crippen molar-refractivity contribution < 1.29 is 18.4 Å². The smallest absolute Gasteiger partial charge is 0.251 e. The van der Waals surface area contributed by atoms with Crippen molar-refractivity contribution in [2.45, 2.75) is 26.8 Å². The summed E-state index contributed by atoms with van der Waals surface area (Å²) < 4.78 is 28.8. The van der Waals surface area contributed by atoms with Gasteiger partial charge in [0.15, 0.2) is 5.82 Å². The molecule has 0 bridgehead atoms. The molecule has 2 N–H and O–H groups in total. The molecular formula is C20H20F2N6O2. The third-order valence-electron chi connectivity index (χ3n) is 4.42. The van der Waals surface area contributed by atoms with Gasteiger partial charge in [-0.1, -0.05) is 13.8 Å². The van der Waals surface area contributed by atoms with Gasteiger partial charge in [0, 0.05) is 5.56 Å². The molecule has 1 aromatic heterocycles. The second kappa shape index (κ2) is 8.76. The minimum atomic E-state index is -0.944. The number of carbonyl (C=O) groups is 2. The van der Waals surface area contributed by atoms with Crippen LogP contribution in [0, 0.1) is 24.5 Å². The normalized spacial score (nSPS) is 11.9. The number of tetrazole rings is 1. The number of halogens is 2. The lowest BCUT2D eigenvalue weighted by molar-refractivity contribution is -0.118. The summed E-state index contributed by atoms with van der Waals surface area (Å²) in [4.78, 5) is 25.2.